The summed E-state index contributed by atoms with van der Waals surface area (Å²) in [5, 5.41) is 5.13. The Morgan fingerprint density at radius 3 is 2.43 bits per heavy atom. The van der Waals surface area contributed by atoms with E-state index in [0.717, 1.165) is 12.0 Å². The SMILES string of the molecule is CNC(=O)C1CCCN1C(=O)CNC(=O)CCc1ccc(S(=O)(=O)NC)cc1. The van der Waals surface area contributed by atoms with Crippen LogP contribution in [0.15, 0.2) is 29.2 Å². The number of hydrogen-bond acceptors (Lipinski definition) is 5. The zero-order valence-corrected chi connectivity index (χ0v) is 16.8. The number of aryl methyl sites for hydroxylation is 1. The lowest BCUT2D eigenvalue weighted by atomic mass is 10.1. The zero-order valence-electron chi connectivity index (χ0n) is 16.0. The van der Waals surface area contributed by atoms with Gasteiger partial charge in [0.15, 0.2) is 0 Å². The fraction of sp³-hybridized carbons (Fsp3) is 0.500. The average Bonchev–Trinajstić information content (AvgIpc) is 3.20. The van der Waals surface area contributed by atoms with Crippen molar-refractivity contribution in [2.24, 2.45) is 0 Å². The quantitative estimate of drug-likeness (QED) is 0.527. The first kappa shape index (κ1) is 21.8. The number of rotatable bonds is 8. The molecule has 28 heavy (non-hydrogen) atoms. The Morgan fingerprint density at radius 1 is 1.14 bits per heavy atom. The summed E-state index contributed by atoms with van der Waals surface area (Å²) in [5.41, 5.74) is 0.816. The Hall–Kier alpha value is -2.46. The Kier molecular flexibility index (Phi) is 7.53. The molecular weight excluding hydrogens is 384 g/mol. The molecule has 1 aromatic rings. The van der Waals surface area contributed by atoms with Crippen LogP contribution in [-0.4, -0.2) is 64.3 Å². The van der Waals surface area contributed by atoms with Gasteiger partial charge >= 0.3 is 0 Å². The molecule has 1 atom stereocenters. The number of nitrogens with zero attached hydrogens (tertiary/aromatic N) is 1. The lowest BCUT2D eigenvalue weighted by Crippen LogP contribution is -2.48. The Labute approximate surface area is 164 Å². The molecule has 3 amide bonds. The smallest absolute Gasteiger partial charge is 0.242 e. The first-order valence-corrected chi connectivity index (χ1v) is 10.6. The van der Waals surface area contributed by atoms with Gasteiger partial charge in [0, 0.05) is 20.0 Å². The highest BCUT2D eigenvalue weighted by molar-refractivity contribution is 7.89. The van der Waals surface area contributed by atoms with Crippen LogP contribution in [0.2, 0.25) is 0 Å². The molecule has 0 aromatic heterocycles. The fourth-order valence-electron chi connectivity index (χ4n) is 3.08. The average molecular weight is 410 g/mol. The highest BCUT2D eigenvalue weighted by Gasteiger charge is 2.33. The predicted octanol–water partition coefficient (Wildman–Crippen LogP) is -0.619. The summed E-state index contributed by atoms with van der Waals surface area (Å²) in [4.78, 5) is 37.8. The highest BCUT2D eigenvalue weighted by Crippen LogP contribution is 2.17. The maximum absolute atomic E-state index is 12.3. The van der Waals surface area contributed by atoms with E-state index < -0.39 is 16.1 Å². The molecule has 2 rings (SSSR count). The van der Waals surface area contributed by atoms with Crippen molar-refractivity contribution < 1.29 is 22.8 Å². The standard InChI is InChI=1S/C18H26N4O5S/c1-19-18(25)15-4-3-11-22(15)17(24)12-21-16(23)10-7-13-5-8-14(9-6-13)28(26,27)20-2/h5-6,8-9,15,20H,3-4,7,10-12H2,1-2H3,(H,19,25)(H,21,23). The van der Waals surface area contributed by atoms with E-state index in [1.807, 2.05) is 0 Å². The van der Waals surface area contributed by atoms with Crippen LogP contribution < -0.4 is 15.4 Å². The predicted molar refractivity (Wildman–Crippen MR) is 103 cm³/mol. The van der Waals surface area contributed by atoms with Crippen molar-refractivity contribution >= 4 is 27.7 Å². The molecule has 1 unspecified atom stereocenters. The van der Waals surface area contributed by atoms with Gasteiger partial charge in [-0.15, -0.1) is 0 Å². The van der Waals surface area contributed by atoms with Crippen molar-refractivity contribution in [2.45, 2.75) is 36.6 Å². The van der Waals surface area contributed by atoms with Gasteiger partial charge in [0.1, 0.15) is 6.04 Å². The van der Waals surface area contributed by atoms with Gasteiger partial charge in [0.2, 0.25) is 27.7 Å². The number of likely N-dealkylation sites (tertiary alicyclic amines) is 1. The van der Waals surface area contributed by atoms with Crippen molar-refractivity contribution in [3.63, 3.8) is 0 Å². The van der Waals surface area contributed by atoms with Crippen LogP contribution in [0, 0.1) is 0 Å². The molecular formula is C18H26N4O5S. The maximum atomic E-state index is 12.3. The number of sulfonamides is 1. The van der Waals surface area contributed by atoms with E-state index in [9.17, 15) is 22.8 Å². The molecule has 0 radical (unpaired) electrons. The molecule has 1 heterocycles. The third kappa shape index (κ3) is 5.52. The van der Waals surface area contributed by atoms with E-state index >= 15 is 0 Å². The summed E-state index contributed by atoms with van der Waals surface area (Å²) in [6.07, 6.45) is 1.98. The molecule has 1 saturated heterocycles. The molecule has 0 spiro atoms. The number of benzene rings is 1. The van der Waals surface area contributed by atoms with Gasteiger partial charge in [-0.3, -0.25) is 14.4 Å². The van der Waals surface area contributed by atoms with E-state index in [1.165, 1.54) is 31.1 Å². The number of amides is 3. The van der Waals surface area contributed by atoms with Gasteiger partial charge in [0.25, 0.3) is 0 Å². The first-order chi connectivity index (χ1) is 13.3. The van der Waals surface area contributed by atoms with Crippen LogP contribution in [0.5, 0.6) is 0 Å². The Bertz CT molecular complexity index is 823. The van der Waals surface area contributed by atoms with Crippen LogP contribution in [0.1, 0.15) is 24.8 Å². The van der Waals surface area contributed by atoms with Gasteiger partial charge in [0.05, 0.1) is 11.4 Å². The molecule has 0 aliphatic carbocycles. The van der Waals surface area contributed by atoms with Gasteiger partial charge < -0.3 is 15.5 Å². The summed E-state index contributed by atoms with van der Waals surface area (Å²) in [6.45, 7) is 0.361. The molecule has 0 bridgehead atoms. The van der Waals surface area contributed by atoms with E-state index in [2.05, 4.69) is 15.4 Å². The second-order valence-corrected chi connectivity index (χ2v) is 8.37. The van der Waals surface area contributed by atoms with E-state index in [4.69, 9.17) is 0 Å². The van der Waals surface area contributed by atoms with E-state index in [0.29, 0.717) is 19.4 Å². The third-order valence-corrected chi connectivity index (χ3v) is 6.13. The largest absolute Gasteiger partial charge is 0.357 e. The van der Waals surface area contributed by atoms with Crippen LogP contribution in [0.4, 0.5) is 0 Å². The van der Waals surface area contributed by atoms with Crippen molar-refractivity contribution in [1.82, 2.24) is 20.3 Å². The number of likely N-dealkylation sites (N-methyl/N-ethyl adjacent to an activating group) is 1. The number of nitrogens with one attached hydrogen (secondary N) is 3. The van der Waals surface area contributed by atoms with Crippen molar-refractivity contribution in [3.05, 3.63) is 29.8 Å². The minimum atomic E-state index is -3.49. The number of carbonyl (C=O) groups excluding carboxylic acids is 3. The monoisotopic (exact) mass is 410 g/mol. The van der Waals surface area contributed by atoms with E-state index in [1.54, 1.807) is 12.1 Å². The molecule has 1 aliphatic heterocycles. The Balaban J connectivity index is 1.80. The topological polar surface area (TPSA) is 125 Å². The van der Waals surface area contributed by atoms with Gasteiger partial charge in [-0.1, -0.05) is 12.1 Å². The summed E-state index contributed by atoms with van der Waals surface area (Å²) < 4.78 is 25.6. The highest BCUT2D eigenvalue weighted by atomic mass is 32.2. The van der Waals surface area contributed by atoms with Crippen LogP contribution in [-0.2, 0) is 30.8 Å². The summed E-state index contributed by atoms with van der Waals surface area (Å²) >= 11 is 0. The number of carbonyl (C=O) groups is 3. The maximum Gasteiger partial charge on any atom is 0.242 e. The van der Waals surface area contributed by atoms with Gasteiger partial charge in [-0.2, -0.15) is 0 Å². The normalized spacial score (nSPS) is 16.6. The lowest BCUT2D eigenvalue weighted by Gasteiger charge is -2.23. The van der Waals surface area contributed by atoms with E-state index in [-0.39, 0.29) is 35.6 Å². The lowest BCUT2D eigenvalue weighted by molar-refractivity contribution is -0.138. The van der Waals surface area contributed by atoms with Crippen LogP contribution in [0.25, 0.3) is 0 Å². The second kappa shape index (κ2) is 9.65. The second-order valence-electron chi connectivity index (χ2n) is 6.49. The minimum Gasteiger partial charge on any atom is -0.357 e. The molecule has 9 nitrogen and oxygen atoms in total. The first-order valence-electron chi connectivity index (χ1n) is 9.08. The van der Waals surface area contributed by atoms with Gasteiger partial charge in [-0.25, -0.2) is 13.1 Å². The molecule has 10 heteroatoms. The van der Waals surface area contributed by atoms with Gasteiger partial charge in [-0.05, 0) is 44.0 Å². The summed E-state index contributed by atoms with van der Waals surface area (Å²) in [5.74, 6) is -0.752. The number of hydrogen-bond donors (Lipinski definition) is 3. The summed E-state index contributed by atoms with van der Waals surface area (Å²) in [7, 11) is -0.610. The molecule has 1 aromatic carbocycles. The molecule has 1 fully saturated rings. The van der Waals surface area contributed by atoms with Crippen molar-refractivity contribution in [2.75, 3.05) is 27.2 Å². The van der Waals surface area contributed by atoms with Crippen LogP contribution in [0.3, 0.4) is 0 Å². The summed E-state index contributed by atoms with van der Waals surface area (Å²) in [6, 6.07) is 5.80. The Morgan fingerprint density at radius 2 is 1.82 bits per heavy atom. The zero-order chi connectivity index (χ0) is 20.7. The molecule has 0 saturated carbocycles. The minimum absolute atomic E-state index is 0.147. The van der Waals surface area contributed by atoms with Crippen LogP contribution >= 0.6 is 0 Å². The third-order valence-electron chi connectivity index (χ3n) is 4.70. The van der Waals surface area contributed by atoms with Crippen molar-refractivity contribution in [3.8, 4) is 0 Å². The molecule has 1 aliphatic rings. The molecule has 154 valence electrons. The molecule has 3 N–H and O–H groups in total. The fourth-order valence-corrected chi connectivity index (χ4v) is 3.81. The van der Waals surface area contributed by atoms with Crippen molar-refractivity contribution in [1.29, 1.82) is 0 Å².